The average molecular weight is 483 g/mol. The van der Waals surface area contributed by atoms with E-state index in [4.69, 9.17) is 14.6 Å². The van der Waals surface area contributed by atoms with E-state index >= 15 is 0 Å². The standard InChI is InChI=1S/C27H34N2O6/c1-4-27(2,3)35-16-15-28-25(32)23(13-14-24(30)31)29-26(33)34-17-22-20-11-7-5-9-18(20)19-10-6-8-12-21(19)22/h5-12,22-23H,4,13-17H2,1-3H3,(H,28,32)(H,29,33)(H,30,31). The van der Waals surface area contributed by atoms with Gasteiger partial charge in [-0.25, -0.2) is 4.79 Å². The van der Waals surface area contributed by atoms with Crippen molar-refractivity contribution in [2.75, 3.05) is 19.8 Å². The highest BCUT2D eigenvalue weighted by Gasteiger charge is 2.30. The van der Waals surface area contributed by atoms with Gasteiger partial charge in [0.2, 0.25) is 5.91 Å². The molecule has 0 aromatic heterocycles. The van der Waals surface area contributed by atoms with Crippen LogP contribution in [0.25, 0.3) is 11.1 Å². The third kappa shape index (κ3) is 7.05. The van der Waals surface area contributed by atoms with E-state index in [1.165, 1.54) is 0 Å². The second-order valence-corrected chi connectivity index (χ2v) is 9.21. The van der Waals surface area contributed by atoms with E-state index in [1.807, 2.05) is 69.3 Å². The van der Waals surface area contributed by atoms with Crippen molar-refractivity contribution in [3.8, 4) is 11.1 Å². The molecule has 3 N–H and O–H groups in total. The van der Waals surface area contributed by atoms with Crippen molar-refractivity contribution >= 4 is 18.0 Å². The summed E-state index contributed by atoms with van der Waals surface area (Å²) in [5.74, 6) is -1.64. The van der Waals surface area contributed by atoms with Gasteiger partial charge in [0.05, 0.1) is 12.2 Å². The summed E-state index contributed by atoms with van der Waals surface area (Å²) in [6.45, 7) is 6.60. The molecule has 1 aliphatic carbocycles. The Kier molecular flexibility index (Phi) is 8.87. The second-order valence-electron chi connectivity index (χ2n) is 9.21. The minimum Gasteiger partial charge on any atom is -0.481 e. The van der Waals surface area contributed by atoms with Crippen LogP contribution < -0.4 is 10.6 Å². The van der Waals surface area contributed by atoms with Crippen molar-refractivity contribution in [3.63, 3.8) is 0 Å². The van der Waals surface area contributed by atoms with Gasteiger partial charge in [-0.3, -0.25) is 9.59 Å². The maximum Gasteiger partial charge on any atom is 0.407 e. The number of carboxylic acid groups (broad SMARTS) is 1. The van der Waals surface area contributed by atoms with E-state index < -0.39 is 24.0 Å². The van der Waals surface area contributed by atoms with E-state index in [2.05, 4.69) is 10.6 Å². The van der Waals surface area contributed by atoms with Crippen molar-refractivity contribution in [2.24, 2.45) is 0 Å². The summed E-state index contributed by atoms with van der Waals surface area (Å²) in [7, 11) is 0. The van der Waals surface area contributed by atoms with Crippen LogP contribution in [-0.4, -0.2) is 54.5 Å². The highest BCUT2D eigenvalue weighted by molar-refractivity contribution is 5.86. The predicted molar refractivity (Wildman–Crippen MR) is 132 cm³/mol. The first-order chi connectivity index (χ1) is 16.7. The molecule has 8 nitrogen and oxygen atoms in total. The molecule has 1 unspecified atom stereocenters. The number of carbonyl (C=O) groups excluding carboxylic acids is 2. The lowest BCUT2D eigenvalue weighted by Gasteiger charge is -2.24. The van der Waals surface area contributed by atoms with Crippen molar-refractivity contribution in [2.45, 2.75) is 57.6 Å². The summed E-state index contributed by atoms with van der Waals surface area (Å²) < 4.78 is 11.2. The lowest BCUT2D eigenvalue weighted by molar-refractivity contribution is -0.137. The Balaban J connectivity index is 1.57. The highest BCUT2D eigenvalue weighted by Crippen LogP contribution is 2.44. The van der Waals surface area contributed by atoms with Gasteiger partial charge in [-0.1, -0.05) is 55.5 Å². The molecule has 1 aliphatic rings. The summed E-state index contributed by atoms with van der Waals surface area (Å²) >= 11 is 0. The van der Waals surface area contributed by atoms with E-state index in [0.29, 0.717) is 6.61 Å². The van der Waals surface area contributed by atoms with Crippen LogP contribution >= 0.6 is 0 Å². The molecule has 2 amide bonds. The van der Waals surface area contributed by atoms with Gasteiger partial charge < -0.3 is 25.2 Å². The molecular weight excluding hydrogens is 448 g/mol. The van der Waals surface area contributed by atoms with Gasteiger partial charge in [0.25, 0.3) is 0 Å². The third-order valence-electron chi connectivity index (χ3n) is 6.34. The number of hydrogen-bond acceptors (Lipinski definition) is 5. The largest absolute Gasteiger partial charge is 0.481 e. The summed E-state index contributed by atoms with van der Waals surface area (Å²) in [6, 6.07) is 15.0. The predicted octanol–water partition coefficient (Wildman–Crippen LogP) is 4.08. The number of alkyl carbamates (subject to hydrolysis) is 1. The van der Waals surface area contributed by atoms with Gasteiger partial charge >= 0.3 is 12.1 Å². The number of fused-ring (bicyclic) bond motifs is 3. The minimum absolute atomic E-state index is 0.0489. The van der Waals surface area contributed by atoms with Crippen LogP contribution in [0, 0.1) is 0 Å². The minimum atomic E-state index is -1.05. The molecule has 3 rings (SSSR count). The number of rotatable bonds is 12. The fourth-order valence-corrected chi connectivity index (χ4v) is 4.05. The number of aliphatic carboxylic acids is 1. The Morgan fingerprint density at radius 1 is 1.03 bits per heavy atom. The van der Waals surface area contributed by atoms with Gasteiger partial charge in [0.1, 0.15) is 12.6 Å². The topological polar surface area (TPSA) is 114 Å². The maximum absolute atomic E-state index is 12.6. The molecule has 0 spiro atoms. The fraction of sp³-hybridized carbons (Fsp3) is 0.444. The second kappa shape index (κ2) is 11.8. The normalized spacial score (nSPS) is 13.5. The zero-order chi connectivity index (χ0) is 25.4. The Bertz CT molecular complexity index is 1010. The Morgan fingerprint density at radius 2 is 1.63 bits per heavy atom. The molecule has 2 aromatic carbocycles. The maximum atomic E-state index is 12.6. The molecule has 0 radical (unpaired) electrons. The molecule has 1 atom stereocenters. The number of benzene rings is 2. The van der Waals surface area contributed by atoms with E-state index in [-0.39, 0.29) is 37.5 Å². The van der Waals surface area contributed by atoms with E-state index in [9.17, 15) is 14.4 Å². The van der Waals surface area contributed by atoms with Crippen LogP contribution in [0.15, 0.2) is 48.5 Å². The molecule has 2 aromatic rings. The van der Waals surface area contributed by atoms with E-state index in [1.54, 1.807) is 0 Å². The number of hydrogen-bond donors (Lipinski definition) is 3. The van der Waals surface area contributed by atoms with Crippen LogP contribution in [0.1, 0.15) is 57.1 Å². The summed E-state index contributed by atoms with van der Waals surface area (Å²) in [5.41, 5.74) is 4.09. The number of ether oxygens (including phenoxy) is 2. The molecule has 0 saturated heterocycles. The first kappa shape index (κ1) is 26.2. The van der Waals surface area contributed by atoms with Gasteiger partial charge in [0, 0.05) is 18.9 Å². The van der Waals surface area contributed by atoms with Crippen LogP contribution in [0.4, 0.5) is 4.79 Å². The molecule has 0 bridgehead atoms. The van der Waals surface area contributed by atoms with Gasteiger partial charge in [-0.2, -0.15) is 0 Å². The molecule has 8 heteroatoms. The van der Waals surface area contributed by atoms with Gasteiger partial charge in [-0.15, -0.1) is 0 Å². The van der Waals surface area contributed by atoms with Crippen molar-refractivity contribution in [3.05, 3.63) is 59.7 Å². The number of nitrogens with one attached hydrogen (secondary N) is 2. The zero-order valence-corrected chi connectivity index (χ0v) is 20.5. The summed E-state index contributed by atoms with van der Waals surface area (Å²) in [4.78, 5) is 36.3. The smallest absolute Gasteiger partial charge is 0.407 e. The summed E-state index contributed by atoms with van der Waals surface area (Å²) in [5, 5.41) is 14.3. The molecule has 0 fully saturated rings. The lowest BCUT2D eigenvalue weighted by atomic mass is 9.98. The first-order valence-electron chi connectivity index (χ1n) is 12.0. The molecular formula is C27H34N2O6. The van der Waals surface area contributed by atoms with E-state index in [0.717, 1.165) is 28.7 Å². The lowest BCUT2D eigenvalue weighted by Crippen LogP contribution is -2.48. The molecule has 188 valence electrons. The van der Waals surface area contributed by atoms with Crippen molar-refractivity contribution in [1.29, 1.82) is 0 Å². The fourth-order valence-electron chi connectivity index (χ4n) is 4.05. The van der Waals surface area contributed by atoms with Crippen LogP contribution in [0.5, 0.6) is 0 Å². The van der Waals surface area contributed by atoms with Gasteiger partial charge in [-0.05, 0) is 48.9 Å². The average Bonchev–Trinajstić information content (AvgIpc) is 3.16. The first-order valence-corrected chi connectivity index (χ1v) is 12.0. The van der Waals surface area contributed by atoms with Gasteiger partial charge in [0.15, 0.2) is 0 Å². The third-order valence-corrected chi connectivity index (χ3v) is 6.34. The van der Waals surface area contributed by atoms with Crippen LogP contribution in [-0.2, 0) is 19.1 Å². The van der Waals surface area contributed by atoms with Crippen molar-refractivity contribution < 1.29 is 29.0 Å². The molecule has 35 heavy (non-hydrogen) atoms. The Morgan fingerprint density at radius 3 is 2.20 bits per heavy atom. The number of carboxylic acids is 1. The monoisotopic (exact) mass is 482 g/mol. The molecule has 0 saturated carbocycles. The Hall–Kier alpha value is -3.39. The summed E-state index contributed by atoms with van der Waals surface area (Å²) in [6.07, 6.45) is -0.250. The molecule has 0 aliphatic heterocycles. The molecule has 0 heterocycles. The van der Waals surface area contributed by atoms with Crippen molar-refractivity contribution in [1.82, 2.24) is 10.6 Å². The Labute approximate surface area is 206 Å². The highest BCUT2D eigenvalue weighted by atomic mass is 16.5. The van der Waals surface area contributed by atoms with Crippen LogP contribution in [0.2, 0.25) is 0 Å². The number of amides is 2. The number of carbonyl (C=O) groups is 3. The quantitative estimate of drug-likeness (QED) is 0.393. The SMILES string of the molecule is CCC(C)(C)OCCNC(=O)C(CCC(=O)O)NC(=O)OCC1c2ccccc2-c2ccccc21. The van der Waals surface area contributed by atoms with Crippen LogP contribution in [0.3, 0.4) is 0 Å². The zero-order valence-electron chi connectivity index (χ0n) is 20.5.